The highest BCUT2D eigenvalue weighted by molar-refractivity contribution is 7.62. The van der Waals surface area contributed by atoms with Crippen LogP contribution in [0, 0.1) is 0 Å². The number of hydrogen-bond donors (Lipinski definition) is 0. The van der Waals surface area contributed by atoms with E-state index in [1.54, 1.807) is 62.6 Å². The first kappa shape index (κ1) is 17.6. The Morgan fingerprint density at radius 2 is 1.74 bits per heavy atom. The van der Waals surface area contributed by atoms with Gasteiger partial charge in [0.25, 0.3) is 0 Å². The number of methoxy groups -OCH3 is 1. The van der Waals surface area contributed by atoms with E-state index in [9.17, 15) is 4.57 Å². The van der Waals surface area contributed by atoms with E-state index < -0.39 is 7.60 Å². The lowest BCUT2D eigenvalue weighted by Gasteiger charge is -2.20. The highest BCUT2D eigenvalue weighted by atomic mass is 35.5. The second-order valence-electron chi connectivity index (χ2n) is 4.63. The lowest BCUT2D eigenvalue weighted by atomic mass is 10.2. The van der Waals surface area contributed by atoms with Gasteiger partial charge in [0.15, 0.2) is 0 Å². The molecule has 0 heterocycles. The molecule has 6 heteroatoms. The Morgan fingerprint density at radius 3 is 2.26 bits per heavy atom. The van der Waals surface area contributed by atoms with Crippen molar-refractivity contribution in [3.8, 4) is 5.75 Å². The van der Waals surface area contributed by atoms with E-state index >= 15 is 0 Å². The lowest BCUT2D eigenvalue weighted by Crippen LogP contribution is -2.09. The normalized spacial score (nSPS) is 13.2. The molecule has 2 rings (SSSR count). The van der Waals surface area contributed by atoms with Gasteiger partial charge in [-0.25, -0.2) is 4.57 Å². The van der Waals surface area contributed by atoms with Crippen LogP contribution in [0.3, 0.4) is 0 Å². The fourth-order valence-corrected chi connectivity index (χ4v) is 3.60. The Labute approximate surface area is 141 Å². The summed E-state index contributed by atoms with van der Waals surface area (Å²) in [6.45, 7) is 5.85. The lowest BCUT2D eigenvalue weighted by molar-refractivity contribution is 0.280. The first-order valence-corrected chi connectivity index (χ1v) is 8.94. The zero-order chi connectivity index (χ0) is 16.9. The van der Waals surface area contributed by atoms with E-state index in [1.165, 1.54) is 0 Å². The summed E-state index contributed by atoms with van der Waals surface area (Å²) in [5.74, 6) is 0.978. The fourth-order valence-electron chi connectivity index (χ4n) is 1.92. The molecule has 0 aromatic heterocycles. The maximum atomic E-state index is 13.1. The van der Waals surface area contributed by atoms with Crippen LogP contribution in [-0.4, -0.2) is 13.7 Å². The van der Waals surface area contributed by atoms with Crippen molar-refractivity contribution in [2.75, 3.05) is 13.7 Å². The van der Waals surface area contributed by atoms with Gasteiger partial charge >= 0.3 is 7.60 Å². The van der Waals surface area contributed by atoms with Crippen molar-refractivity contribution in [3.63, 3.8) is 0 Å². The van der Waals surface area contributed by atoms with Crippen LogP contribution in [0.1, 0.15) is 12.5 Å². The first-order valence-electron chi connectivity index (χ1n) is 7.02. The SMILES string of the molecule is C=C(OP(=O)(OCC)c1ccc(Cl)cc1)c1ccc(OC)cc1. The number of benzene rings is 2. The second kappa shape index (κ2) is 7.69. The molecular formula is C17H18ClO4P. The number of hydrogen-bond acceptors (Lipinski definition) is 4. The Hall–Kier alpha value is -1.74. The molecule has 0 saturated carbocycles. The Morgan fingerprint density at radius 1 is 1.13 bits per heavy atom. The summed E-state index contributed by atoms with van der Waals surface area (Å²) in [7, 11) is -1.93. The van der Waals surface area contributed by atoms with Crippen molar-refractivity contribution in [1.29, 1.82) is 0 Å². The molecule has 23 heavy (non-hydrogen) atoms. The maximum absolute atomic E-state index is 13.1. The van der Waals surface area contributed by atoms with Gasteiger partial charge in [0, 0.05) is 10.6 Å². The molecule has 0 N–H and O–H groups in total. The molecule has 0 aliphatic heterocycles. The predicted octanol–water partition coefficient (Wildman–Crippen LogP) is 4.89. The van der Waals surface area contributed by atoms with Crippen LogP contribution in [0.15, 0.2) is 55.1 Å². The van der Waals surface area contributed by atoms with Crippen molar-refractivity contribution in [3.05, 3.63) is 65.7 Å². The quantitative estimate of drug-likeness (QED) is 0.525. The third-order valence-corrected chi connectivity index (χ3v) is 5.33. The van der Waals surface area contributed by atoms with Crippen LogP contribution in [0.2, 0.25) is 5.02 Å². The number of rotatable bonds is 7. The third kappa shape index (κ3) is 4.38. The maximum Gasteiger partial charge on any atom is 0.410 e. The van der Waals surface area contributed by atoms with Crippen molar-refractivity contribution >= 4 is 30.3 Å². The molecule has 2 aromatic carbocycles. The van der Waals surface area contributed by atoms with E-state index in [0.29, 0.717) is 21.6 Å². The summed E-state index contributed by atoms with van der Waals surface area (Å²) in [5.41, 5.74) is 0.694. The van der Waals surface area contributed by atoms with E-state index in [1.807, 2.05) is 0 Å². The molecular weight excluding hydrogens is 335 g/mol. The van der Waals surface area contributed by atoms with Crippen LogP contribution < -0.4 is 10.0 Å². The number of ether oxygens (including phenoxy) is 1. The first-order chi connectivity index (χ1) is 11.0. The van der Waals surface area contributed by atoms with Gasteiger partial charge in [-0.1, -0.05) is 18.2 Å². The molecule has 0 spiro atoms. The molecule has 0 radical (unpaired) electrons. The van der Waals surface area contributed by atoms with Crippen molar-refractivity contribution in [2.24, 2.45) is 0 Å². The van der Waals surface area contributed by atoms with E-state index in [0.717, 1.165) is 0 Å². The fraction of sp³-hybridized carbons (Fsp3) is 0.176. The minimum Gasteiger partial charge on any atom is -0.497 e. The zero-order valence-corrected chi connectivity index (χ0v) is 14.6. The summed E-state index contributed by atoms with van der Waals surface area (Å²) in [4.78, 5) is 0. The molecule has 4 nitrogen and oxygen atoms in total. The largest absolute Gasteiger partial charge is 0.497 e. The van der Waals surface area contributed by atoms with Gasteiger partial charge in [0.1, 0.15) is 11.5 Å². The van der Waals surface area contributed by atoms with Crippen LogP contribution in [-0.2, 0) is 13.6 Å². The molecule has 1 atom stereocenters. The van der Waals surface area contributed by atoms with Crippen molar-refractivity contribution < 1.29 is 18.3 Å². The van der Waals surface area contributed by atoms with Crippen LogP contribution in [0.25, 0.3) is 5.76 Å². The summed E-state index contributed by atoms with van der Waals surface area (Å²) in [5, 5.41) is 0.976. The predicted molar refractivity (Wildman–Crippen MR) is 93.4 cm³/mol. The van der Waals surface area contributed by atoms with Gasteiger partial charge in [-0.2, -0.15) is 0 Å². The van der Waals surface area contributed by atoms with E-state index in [2.05, 4.69) is 6.58 Å². The summed E-state index contributed by atoms with van der Waals surface area (Å²) >= 11 is 5.87. The topological polar surface area (TPSA) is 44.8 Å². The minimum absolute atomic E-state index is 0.246. The van der Waals surface area contributed by atoms with Crippen LogP contribution in [0.5, 0.6) is 5.75 Å². The second-order valence-corrected chi connectivity index (χ2v) is 7.02. The third-order valence-electron chi connectivity index (χ3n) is 3.08. The molecule has 0 fully saturated rings. The molecule has 1 unspecified atom stereocenters. The Bertz CT molecular complexity index is 710. The van der Waals surface area contributed by atoms with Gasteiger partial charge in [-0.05, 0) is 55.5 Å². The average molecular weight is 353 g/mol. The molecule has 0 bridgehead atoms. The number of halogens is 1. The van der Waals surface area contributed by atoms with Gasteiger partial charge in [0.2, 0.25) is 0 Å². The Balaban J connectivity index is 2.25. The van der Waals surface area contributed by atoms with Crippen molar-refractivity contribution in [2.45, 2.75) is 6.92 Å². The van der Waals surface area contributed by atoms with Gasteiger partial charge in [-0.3, -0.25) is 4.52 Å². The summed E-state index contributed by atoms with van der Waals surface area (Å²) in [6.07, 6.45) is 0. The standard InChI is InChI=1S/C17H18ClO4P/c1-4-21-23(19,17-11-7-15(18)8-12-17)22-13(2)14-5-9-16(20-3)10-6-14/h5-12H,2,4H2,1,3H3. The monoisotopic (exact) mass is 352 g/mol. The molecule has 2 aromatic rings. The zero-order valence-electron chi connectivity index (χ0n) is 13.0. The van der Waals surface area contributed by atoms with Crippen LogP contribution in [0.4, 0.5) is 0 Å². The van der Waals surface area contributed by atoms with Gasteiger partial charge in [-0.15, -0.1) is 0 Å². The molecule has 0 amide bonds. The minimum atomic E-state index is -3.52. The summed E-state index contributed by atoms with van der Waals surface area (Å²) < 4.78 is 29.2. The molecule has 0 aliphatic carbocycles. The smallest absolute Gasteiger partial charge is 0.410 e. The van der Waals surface area contributed by atoms with Gasteiger partial charge in [0.05, 0.1) is 19.0 Å². The highest BCUT2D eigenvalue weighted by Gasteiger charge is 2.29. The van der Waals surface area contributed by atoms with E-state index in [-0.39, 0.29) is 12.4 Å². The Kier molecular flexibility index (Phi) is 5.89. The van der Waals surface area contributed by atoms with Crippen molar-refractivity contribution in [1.82, 2.24) is 0 Å². The highest BCUT2D eigenvalue weighted by Crippen LogP contribution is 2.50. The molecule has 0 saturated heterocycles. The molecule has 122 valence electrons. The van der Waals surface area contributed by atoms with Gasteiger partial charge < -0.3 is 9.26 Å². The van der Waals surface area contributed by atoms with Crippen LogP contribution >= 0.6 is 19.2 Å². The molecule has 0 aliphatic rings. The summed E-state index contributed by atoms with van der Waals surface area (Å²) in [6, 6.07) is 13.6. The van der Waals surface area contributed by atoms with E-state index in [4.69, 9.17) is 25.4 Å². The average Bonchev–Trinajstić information content (AvgIpc) is 2.55.